The molecule has 0 aliphatic carbocycles. The van der Waals surface area contributed by atoms with Crippen LogP contribution in [0.5, 0.6) is 0 Å². The SMILES string of the molecule is COC(=O)[C@@H](Cc1c[nH]c2ccccc12)NC(=O)c1ccc([N+](=O)[O-])c(C)c1. The quantitative estimate of drug-likeness (QED) is 0.387. The summed E-state index contributed by atoms with van der Waals surface area (Å²) in [6.45, 7) is 1.55. The van der Waals surface area contributed by atoms with Gasteiger partial charge >= 0.3 is 5.97 Å². The van der Waals surface area contributed by atoms with E-state index in [0.717, 1.165) is 16.5 Å². The average Bonchev–Trinajstić information content (AvgIpc) is 3.09. The molecule has 1 amide bonds. The van der Waals surface area contributed by atoms with Crippen LogP contribution in [0.4, 0.5) is 5.69 Å². The minimum absolute atomic E-state index is 0.0696. The molecule has 3 rings (SSSR count). The fraction of sp³-hybridized carbons (Fsp3) is 0.200. The maximum absolute atomic E-state index is 12.6. The predicted molar refractivity (Wildman–Crippen MR) is 103 cm³/mol. The number of aryl methyl sites for hydroxylation is 1. The number of benzene rings is 2. The van der Waals surface area contributed by atoms with Gasteiger partial charge in [-0.2, -0.15) is 0 Å². The Balaban J connectivity index is 1.83. The highest BCUT2D eigenvalue weighted by atomic mass is 16.6. The monoisotopic (exact) mass is 381 g/mol. The number of esters is 1. The van der Waals surface area contributed by atoms with Crippen LogP contribution in [-0.2, 0) is 16.0 Å². The third-order valence-corrected chi connectivity index (χ3v) is 4.55. The third-order valence-electron chi connectivity index (χ3n) is 4.55. The molecule has 0 saturated heterocycles. The fourth-order valence-corrected chi connectivity index (χ4v) is 3.10. The highest BCUT2D eigenvalue weighted by Crippen LogP contribution is 2.21. The summed E-state index contributed by atoms with van der Waals surface area (Å²) in [5.41, 5.74) is 2.32. The number of ether oxygens (including phenoxy) is 1. The van der Waals surface area contributed by atoms with Gasteiger partial charge in [-0.15, -0.1) is 0 Å². The molecule has 8 nitrogen and oxygen atoms in total. The lowest BCUT2D eigenvalue weighted by Crippen LogP contribution is -2.43. The molecule has 2 N–H and O–H groups in total. The number of nitrogens with one attached hydrogen (secondary N) is 2. The Kier molecular flexibility index (Phi) is 5.39. The van der Waals surface area contributed by atoms with E-state index in [1.54, 1.807) is 13.1 Å². The van der Waals surface area contributed by atoms with Crippen molar-refractivity contribution in [1.29, 1.82) is 0 Å². The van der Waals surface area contributed by atoms with Gasteiger partial charge in [0.25, 0.3) is 11.6 Å². The molecule has 0 radical (unpaired) electrons. The summed E-state index contributed by atoms with van der Waals surface area (Å²) in [6.07, 6.45) is 2.04. The third kappa shape index (κ3) is 3.85. The number of H-pyrrole nitrogens is 1. The summed E-state index contributed by atoms with van der Waals surface area (Å²) >= 11 is 0. The van der Waals surface area contributed by atoms with Crippen LogP contribution < -0.4 is 5.32 Å². The van der Waals surface area contributed by atoms with Gasteiger partial charge in [-0.3, -0.25) is 14.9 Å². The molecule has 1 aromatic heterocycles. The van der Waals surface area contributed by atoms with Gasteiger partial charge in [-0.1, -0.05) is 18.2 Å². The van der Waals surface area contributed by atoms with Crippen LogP contribution >= 0.6 is 0 Å². The molecule has 0 bridgehead atoms. The first-order chi connectivity index (χ1) is 13.4. The summed E-state index contributed by atoms with van der Waals surface area (Å²) in [6, 6.07) is 10.8. The molecule has 1 heterocycles. The normalized spacial score (nSPS) is 11.8. The van der Waals surface area contributed by atoms with Crippen molar-refractivity contribution < 1.29 is 19.2 Å². The van der Waals surface area contributed by atoms with Gasteiger partial charge in [-0.05, 0) is 30.7 Å². The minimum atomic E-state index is -0.896. The molecule has 0 aliphatic heterocycles. The topological polar surface area (TPSA) is 114 Å². The number of nitro benzene ring substituents is 1. The molecule has 0 saturated carbocycles. The maximum Gasteiger partial charge on any atom is 0.328 e. The van der Waals surface area contributed by atoms with Crippen LogP contribution in [0.25, 0.3) is 10.9 Å². The summed E-state index contributed by atoms with van der Waals surface area (Å²) < 4.78 is 4.83. The predicted octanol–water partition coefficient (Wildman–Crippen LogP) is 2.90. The first-order valence-corrected chi connectivity index (χ1v) is 8.59. The van der Waals surface area contributed by atoms with Crippen molar-refractivity contribution in [3.8, 4) is 0 Å². The smallest absolute Gasteiger partial charge is 0.328 e. The highest BCUT2D eigenvalue weighted by Gasteiger charge is 2.24. The molecule has 0 fully saturated rings. The Morgan fingerprint density at radius 1 is 1.25 bits per heavy atom. The van der Waals surface area contributed by atoms with E-state index in [-0.39, 0.29) is 17.7 Å². The van der Waals surface area contributed by atoms with Gasteiger partial charge in [0.15, 0.2) is 0 Å². The molecule has 0 spiro atoms. The zero-order chi connectivity index (χ0) is 20.3. The van der Waals surface area contributed by atoms with E-state index < -0.39 is 22.8 Å². The van der Waals surface area contributed by atoms with E-state index in [0.29, 0.717) is 5.56 Å². The second kappa shape index (κ2) is 7.91. The molecule has 28 heavy (non-hydrogen) atoms. The standard InChI is InChI=1S/C20H19N3O5/c1-12-9-13(7-8-18(12)23(26)27)19(24)22-17(20(25)28-2)10-14-11-21-16-6-4-3-5-15(14)16/h3-9,11,17,21H,10H2,1-2H3,(H,22,24)/t17-/m1/s1. The van der Waals surface area contributed by atoms with Gasteiger partial charge in [0, 0.05) is 40.7 Å². The van der Waals surface area contributed by atoms with E-state index in [9.17, 15) is 19.7 Å². The molecule has 0 unspecified atom stereocenters. The largest absolute Gasteiger partial charge is 0.467 e. The number of aromatic amines is 1. The molecule has 1 atom stereocenters. The first kappa shape index (κ1) is 19.1. The number of amides is 1. The molecule has 8 heteroatoms. The zero-order valence-electron chi connectivity index (χ0n) is 15.4. The summed E-state index contributed by atoms with van der Waals surface area (Å²) in [5, 5.41) is 14.6. The number of carbonyl (C=O) groups is 2. The summed E-state index contributed by atoms with van der Waals surface area (Å²) in [7, 11) is 1.26. The Hall–Kier alpha value is -3.68. The van der Waals surface area contributed by atoms with Gasteiger partial charge in [0.1, 0.15) is 6.04 Å². The van der Waals surface area contributed by atoms with Crippen molar-refractivity contribution in [2.75, 3.05) is 7.11 Å². The van der Waals surface area contributed by atoms with Crippen LogP contribution in [0.15, 0.2) is 48.7 Å². The second-order valence-electron chi connectivity index (χ2n) is 6.37. The Labute approximate surface area is 160 Å². The van der Waals surface area contributed by atoms with Crippen molar-refractivity contribution in [2.24, 2.45) is 0 Å². The number of fused-ring (bicyclic) bond motifs is 1. The van der Waals surface area contributed by atoms with Gasteiger partial charge in [0.05, 0.1) is 12.0 Å². The summed E-state index contributed by atoms with van der Waals surface area (Å²) in [4.78, 5) is 38.4. The van der Waals surface area contributed by atoms with E-state index in [4.69, 9.17) is 4.74 Å². The average molecular weight is 381 g/mol. The number of carbonyl (C=O) groups excluding carboxylic acids is 2. The zero-order valence-corrected chi connectivity index (χ0v) is 15.4. The van der Waals surface area contributed by atoms with Crippen molar-refractivity contribution in [1.82, 2.24) is 10.3 Å². The Bertz CT molecular complexity index is 1060. The molecular formula is C20H19N3O5. The molecule has 2 aromatic carbocycles. The lowest BCUT2D eigenvalue weighted by Gasteiger charge is -2.16. The van der Waals surface area contributed by atoms with Crippen molar-refractivity contribution >= 4 is 28.5 Å². The number of hydrogen-bond donors (Lipinski definition) is 2. The van der Waals surface area contributed by atoms with Crippen molar-refractivity contribution in [3.05, 3.63) is 75.5 Å². The van der Waals surface area contributed by atoms with Gasteiger partial charge < -0.3 is 15.0 Å². The maximum atomic E-state index is 12.6. The first-order valence-electron chi connectivity index (χ1n) is 8.59. The molecule has 0 aliphatic rings. The second-order valence-corrected chi connectivity index (χ2v) is 6.37. The Morgan fingerprint density at radius 2 is 2.00 bits per heavy atom. The van der Waals surface area contributed by atoms with Crippen molar-refractivity contribution in [3.63, 3.8) is 0 Å². The van der Waals surface area contributed by atoms with Crippen LogP contribution in [-0.4, -0.2) is 34.9 Å². The highest BCUT2D eigenvalue weighted by molar-refractivity contribution is 5.97. The minimum Gasteiger partial charge on any atom is -0.467 e. The van der Waals surface area contributed by atoms with Crippen molar-refractivity contribution in [2.45, 2.75) is 19.4 Å². The molecule has 3 aromatic rings. The molecule has 144 valence electrons. The van der Waals surface area contributed by atoms with Gasteiger partial charge in [0.2, 0.25) is 0 Å². The van der Waals surface area contributed by atoms with Crippen LogP contribution in [0.3, 0.4) is 0 Å². The lowest BCUT2D eigenvalue weighted by atomic mass is 10.0. The number of aromatic nitrogens is 1. The van der Waals surface area contributed by atoms with E-state index in [2.05, 4.69) is 10.3 Å². The van der Waals surface area contributed by atoms with Gasteiger partial charge in [-0.25, -0.2) is 4.79 Å². The Morgan fingerprint density at radius 3 is 2.68 bits per heavy atom. The van der Waals surface area contributed by atoms with E-state index in [1.807, 2.05) is 24.3 Å². The van der Waals surface area contributed by atoms with Crippen LogP contribution in [0.2, 0.25) is 0 Å². The lowest BCUT2D eigenvalue weighted by molar-refractivity contribution is -0.385. The van der Waals surface area contributed by atoms with E-state index >= 15 is 0 Å². The fourth-order valence-electron chi connectivity index (χ4n) is 3.10. The number of methoxy groups -OCH3 is 1. The van der Waals surface area contributed by atoms with E-state index in [1.165, 1.54) is 25.3 Å². The van der Waals surface area contributed by atoms with Crippen LogP contribution in [0.1, 0.15) is 21.5 Å². The number of nitrogens with zero attached hydrogens (tertiary/aromatic N) is 1. The number of para-hydroxylation sites is 1. The molecular weight excluding hydrogens is 362 g/mol. The number of hydrogen-bond acceptors (Lipinski definition) is 5. The number of rotatable bonds is 6. The van der Waals surface area contributed by atoms with Crippen LogP contribution in [0, 0.1) is 17.0 Å². The number of nitro groups is 1. The summed E-state index contributed by atoms with van der Waals surface area (Å²) in [5.74, 6) is -1.08.